The number of benzene rings is 1. The summed E-state index contributed by atoms with van der Waals surface area (Å²) in [5.74, 6) is 0.626. The highest BCUT2D eigenvalue weighted by Gasteiger charge is 2.21. The first-order chi connectivity index (χ1) is 15.7. The maximum Gasteiger partial charge on any atom is 0.274 e. The minimum absolute atomic E-state index is 0.206. The third-order valence-corrected chi connectivity index (χ3v) is 5.97. The molecule has 0 unspecified atom stereocenters. The Morgan fingerprint density at radius 1 is 1.09 bits per heavy atom. The van der Waals surface area contributed by atoms with Gasteiger partial charge in [-0.25, -0.2) is 4.98 Å². The molecule has 32 heavy (non-hydrogen) atoms. The van der Waals surface area contributed by atoms with Crippen LogP contribution in [0.1, 0.15) is 28.5 Å². The van der Waals surface area contributed by atoms with E-state index in [0.717, 1.165) is 62.9 Å². The summed E-state index contributed by atoms with van der Waals surface area (Å²) >= 11 is 0. The number of carbonyl (C=O) groups is 1. The number of nitrogens with zero attached hydrogens (tertiary/aromatic N) is 3. The molecule has 2 N–H and O–H groups in total. The first-order valence-corrected chi connectivity index (χ1v) is 11.2. The Balaban J connectivity index is 1.49. The second-order valence-electron chi connectivity index (χ2n) is 8.00. The molecule has 3 heterocycles. The van der Waals surface area contributed by atoms with Gasteiger partial charge in [-0.1, -0.05) is 49.1 Å². The Kier molecular flexibility index (Phi) is 7.02. The normalized spacial score (nSPS) is 17.0. The zero-order valence-corrected chi connectivity index (χ0v) is 18.7. The number of allylic oxidation sites excluding steroid dienone is 3. The number of piperazine rings is 1. The lowest BCUT2D eigenvalue weighted by atomic mass is 10.00. The smallest absolute Gasteiger partial charge is 0.274 e. The molecule has 0 radical (unpaired) electrons. The summed E-state index contributed by atoms with van der Waals surface area (Å²) in [5.41, 5.74) is 4.88. The molecule has 1 aromatic carbocycles. The van der Waals surface area contributed by atoms with Crippen molar-refractivity contribution in [1.29, 1.82) is 0 Å². The lowest BCUT2D eigenvalue weighted by molar-refractivity contribution is 0.0959. The van der Waals surface area contributed by atoms with Gasteiger partial charge in [-0.2, -0.15) is 0 Å². The fourth-order valence-corrected chi connectivity index (χ4v) is 4.27. The van der Waals surface area contributed by atoms with E-state index in [0.29, 0.717) is 5.69 Å². The zero-order chi connectivity index (χ0) is 22.3. The number of hydrogen-bond acceptors (Lipinski definition) is 5. The molecule has 1 amide bonds. The molecule has 0 aliphatic carbocycles. The van der Waals surface area contributed by atoms with Gasteiger partial charge in [-0.05, 0) is 42.7 Å². The van der Waals surface area contributed by atoms with E-state index in [1.807, 2.05) is 31.2 Å². The quantitative estimate of drug-likeness (QED) is 0.691. The van der Waals surface area contributed by atoms with Gasteiger partial charge in [0.2, 0.25) is 0 Å². The fraction of sp³-hybridized carbons (Fsp3) is 0.308. The van der Waals surface area contributed by atoms with Crippen LogP contribution < -0.4 is 15.5 Å². The predicted octanol–water partition coefficient (Wildman–Crippen LogP) is 3.25. The van der Waals surface area contributed by atoms with Gasteiger partial charge in [-0.15, -0.1) is 0 Å². The highest BCUT2D eigenvalue weighted by molar-refractivity contribution is 5.94. The molecule has 0 bridgehead atoms. The summed E-state index contributed by atoms with van der Waals surface area (Å²) in [6.45, 7) is 11.1. The van der Waals surface area contributed by atoms with E-state index < -0.39 is 0 Å². The Morgan fingerprint density at radius 2 is 1.88 bits per heavy atom. The second-order valence-corrected chi connectivity index (χ2v) is 8.00. The first kappa shape index (κ1) is 21.8. The zero-order valence-electron chi connectivity index (χ0n) is 18.7. The molecule has 1 saturated heterocycles. The van der Waals surface area contributed by atoms with Crippen LogP contribution >= 0.6 is 0 Å². The molecule has 1 aromatic heterocycles. The monoisotopic (exact) mass is 429 g/mol. The van der Waals surface area contributed by atoms with Crippen molar-refractivity contribution in [2.75, 3.05) is 37.6 Å². The van der Waals surface area contributed by atoms with Gasteiger partial charge in [0.1, 0.15) is 11.5 Å². The molecule has 1 fully saturated rings. The standard InChI is InChI=1S/C26H31N5O/c1-3-8-24(30-17-14-27-15-18-30)22(4-2)29-26(32)23-11-7-12-25(28-23)31-16-13-20-9-5-6-10-21(20)19-31/h3-12,27H,1,13-19H2,2H3,(H,29,32)/b22-4+,24-8+. The molecule has 0 atom stereocenters. The lowest BCUT2D eigenvalue weighted by Gasteiger charge is -2.32. The first-order valence-electron chi connectivity index (χ1n) is 11.2. The molecule has 4 rings (SSSR count). The third kappa shape index (κ3) is 4.92. The molecule has 6 heteroatoms. The number of amides is 1. The fourth-order valence-electron chi connectivity index (χ4n) is 4.27. The minimum Gasteiger partial charge on any atom is -0.367 e. The highest BCUT2D eigenvalue weighted by atomic mass is 16.1. The molecule has 0 saturated carbocycles. The van der Waals surface area contributed by atoms with Crippen molar-refractivity contribution in [1.82, 2.24) is 20.5 Å². The summed E-state index contributed by atoms with van der Waals surface area (Å²) in [5, 5.41) is 6.44. The van der Waals surface area contributed by atoms with Crippen molar-refractivity contribution in [3.8, 4) is 0 Å². The van der Waals surface area contributed by atoms with E-state index in [1.165, 1.54) is 11.1 Å². The average Bonchev–Trinajstić information content (AvgIpc) is 2.86. The van der Waals surface area contributed by atoms with Crippen molar-refractivity contribution >= 4 is 11.7 Å². The molecule has 2 aliphatic rings. The van der Waals surface area contributed by atoms with Crippen LogP contribution in [0.5, 0.6) is 0 Å². The van der Waals surface area contributed by atoms with Crippen molar-refractivity contribution in [2.24, 2.45) is 0 Å². The Hall–Kier alpha value is -3.38. The number of carbonyl (C=O) groups excluding carboxylic acids is 1. The highest BCUT2D eigenvalue weighted by Crippen LogP contribution is 2.23. The van der Waals surface area contributed by atoms with Crippen LogP contribution in [0.4, 0.5) is 5.82 Å². The van der Waals surface area contributed by atoms with Gasteiger partial charge in [0.05, 0.1) is 11.4 Å². The molecule has 0 spiro atoms. The van der Waals surface area contributed by atoms with Gasteiger partial charge in [-0.3, -0.25) is 4.79 Å². The van der Waals surface area contributed by atoms with Crippen molar-refractivity contribution in [2.45, 2.75) is 19.9 Å². The van der Waals surface area contributed by atoms with Gasteiger partial charge < -0.3 is 20.4 Å². The van der Waals surface area contributed by atoms with Crippen LogP contribution in [0, 0.1) is 0 Å². The van der Waals surface area contributed by atoms with Crippen LogP contribution in [0.25, 0.3) is 0 Å². The van der Waals surface area contributed by atoms with Crippen LogP contribution in [0.15, 0.2) is 78.7 Å². The number of fused-ring (bicyclic) bond motifs is 1. The van der Waals surface area contributed by atoms with E-state index in [9.17, 15) is 4.79 Å². The summed E-state index contributed by atoms with van der Waals surface area (Å²) in [7, 11) is 0. The van der Waals surface area contributed by atoms with E-state index in [1.54, 1.807) is 12.1 Å². The molecule has 2 aliphatic heterocycles. The summed E-state index contributed by atoms with van der Waals surface area (Å²) < 4.78 is 0. The van der Waals surface area contributed by atoms with Crippen molar-refractivity contribution in [3.05, 3.63) is 95.5 Å². The largest absolute Gasteiger partial charge is 0.367 e. The number of rotatable bonds is 6. The van der Waals surface area contributed by atoms with Gasteiger partial charge in [0.25, 0.3) is 5.91 Å². The topological polar surface area (TPSA) is 60.5 Å². The average molecular weight is 430 g/mol. The Labute approximate surface area is 190 Å². The van der Waals surface area contributed by atoms with Gasteiger partial charge in [0.15, 0.2) is 0 Å². The van der Waals surface area contributed by atoms with Gasteiger partial charge in [0, 0.05) is 39.3 Å². The Morgan fingerprint density at radius 3 is 2.62 bits per heavy atom. The molecular formula is C26H31N5O. The second kappa shape index (κ2) is 10.3. The SMILES string of the molecule is C=C/C=C(\C(=C/C)NC(=O)c1cccc(N2CCc3ccccc3C2)n1)N1CCNCC1. The van der Waals surface area contributed by atoms with Crippen LogP contribution in [0.2, 0.25) is 0 Å². The van der Waals surface area contributed by atoms with Crippen LogP contribution in [0.3, 0.4) is 0 Å². The van der Waals surface area contributed by atoms with E-state index >= 15 is 0 Å². The van der Waals surface area contributed by atoms with Crippen molar-refractivity contribution in [3.63, 3.8) is 0 Å². The third-order valence-electron chi connectivity index (χ3n) is 5.97. The van der Waals surface area contributed by atoms with Gasteiger partial charge >= 0.3 is 0 Å². The van der Waals surface area contributed by atoms with Crippen LogP contribution in [-0.2, 0) is 13.0 Å². The summed E-state index contributed by atoms with van der Waals surface area (Å²) in [6.07, 6.45) is 6.63. The van der Waals surface area contributed by atoms with E-state index in [4.69, 9.17) is 4.98 Å². The van der Waals surface area contributed by atoms with Crippen molar-refractivity contribution < 1.29 is 4.79 Å². The molecular weight excluding hydrogens is 398 g/mol. The number of hydrogen-bond donors (Lipinski definition) is 2. The predicted molar refractivity (Wildman–Crippen MR) is 129 cm³/mol. The van der Waals surface area contributed by atoms with E-state index in [2.05, 4.69) is 51.3 Å². The maximum atomic E-state index is 13.1. The maximum absolute atomic E-state index is 13.1. The summed E-state index contributed by atoms with van der Waals surface area (Å²) in [4.78, 5) is 22.3. The Bertz CT molecular complexity index is 1040. The van der Waals surface area contributed by atoms with Crippen LogP contribution in [-0.4, -0.2) is 48.5 Å². The minimum atomic E-state index is -0.206. The number of aromatic nitrogens is 1. The molecule has 166 valence electrons. The summed E-state index contributed by atoms with van der Waals surface area (Å²) in [6, 6.07) is 14.2. The number of nitrogens with one attached hydrogen (secondary N) is 2. The number of anilines is 1. The molecule has 2 aromatic rings. The van der Waals surface area contributed by atoms with E-state index in [-0.39, 0.29) is 5.91 Å². The lowest BCUT2D eigenvalue weighted by Crippen LogP contribution is -2.44. The number of pyridine rings is 1. The molecule has 6 nitrogen and oxygen atoms in total.